The van der Waals surface area contributed by atoms with E-state index in [1.807, 2.05) is 12.1 Å². The molecule has 1 aromatic heterocycles. The first-order valence-electron chi connectivity index (χ1n) is 5.73. The van der Waals surface area contributed by atoms with Crippen LogP contribution in [0, 0.1) is 11.3 Å². The van der Waals surface area contributed by atoms with Crippen LogP contribution in [0.15, 0.2) is 30.6 Å². The Labute approximate surface area is 110 Å². The number of ether oxygens (including phenoxy) is 1. The molecule has 0 atom stereocenters. The second kappa shape index (κ2) is 5.78. The van der Waals surface area contributed by atoms with Gasteiger partial charge in [0.25, 0.3) is 5.82 Å². The molecule has 0 N–H and O–H groups in total. The predicted octanol–water partition coefficient (Wildman–Crippen LogP) is 1.43. The van der Waals surface area contributed by atoms with Crippen LogP contribution in [0.25, 0.3) is 0 Å². The highest BCUT2D eigenvalue weighted by Crippen LogP contribution is 2.18. The molecule has 0 saturated carbocycles. The molecule has 0 unspecified atom stereocenters. The van der Waals surface area contributed by atoms with Gasteiger partial charge in [-0.3, -0.25) is 4.79 Å². The molecule has 6 nitrogen and oxygen atoms in total. The molecule has 0 amide bonds. The fraction of sp³-hybridized carbons (Fsp3) is 0.231. The van der Waals surface area contributed by atoms with Crippen molar-refractivity contribution >= 4 is 5.78 Å². The summed E-state index contributed by atoms with van der Waals surface area (Å²) in [5.74, 6) is 0.642. The molecule has 96 valence electrons. The summed E-state index contributed by atoms with van der Waals surface area (Å²) in [6.07, 6.45) is 1.47. The second-order valence-electron chi connectivity index (χ2n) is 3.84. The number of ketones is 1. The van der Waals surface area contributed by atoms with Crippen molar-refractivity contribution in [3.05, 3.63) is 42.0 Å². The number of Topliss-reactive ketones (excluding diaryl/α,β-unsaturated/α-hetero) is 1. The highest BCUT2D eigenvalue weighted by atomic mass is 16.5. The number of carbonyl (C=O) groups is 1. The van der Waals surface area contributed by atoms with E-state index in [9.17, 15) is 4.79 Å². The molecule has 0 aliphatic rings. The first-order chi connectivity index (χ1) is 9.20. The summed E-state index contributed by atoms with van der Waals surface area (Å²) in [4.78, 5) is 15.2. The minimum atomic E-state index is -0.0388. The van der Waals surface area contributed by atoms with Crippen molar-refractivity contribution in [1.29, 1.82) is 5.26 Å². The van der Waals surface area contributed by atoms with Crippen molar-refractivity contribution in [1.82, 2.24) is 14.8 Å². The molecule has 1 heterocycles. The number of hydrogen-bond acceptors (Lipinski definition) is 5. The van der Waals surface area contributed by atoms with E-state index in [4.69, 9.17) is 10.00 Å². The van der Waals surface area contributed by atoms with E-state index in [0.29, 0.717) is 24.5 Å². The predicted molar refractivity (Wildman–Crippen MR) is 66.7 cm³/mol. The second-order valence-corrected chi connectivity index (χ2v) is 3.84. The third kappa shape index (κ3) is 3.16. The van der Waals surface area contributed by atoms with E-state index in [2.05, 4.69) is 10.1 Å². The van der Waals surface area contributed by atoms with Crippen LogP contribution in [-0.4, -0.2) is 27.2 Å². The molecule has 0 radical (unpaired) electrons. The van der Waals surface area contributed by atoms with E-state index in [1.165, 1.54) is 17.9 Å². The maximum Gasteiger partial charge on any atom is 0.252 e. The summed E-state index contributed by atoms with van der Waals surface area (Å²) in [5, 5.41) is 12.5. The van der Waals surface area contributed by atoms with Gasteiger partial charge in [0.05, 0.1) is 12.1 Å². The average molecular weight is 256 g/mol. The van der Waals surface area contributed by atoms with E-state index in [-0.39, 0.29) is 11.6 Å². The molecule has 0 bridgehead atoms. The summed E-state index contributed by atoms with van der Waals surface area (Å²) in [6.45, 7) is 2.30. The summed E-state index contributed by atoms with van der Waals surface area (Å²) in [7, 11) is 0. The van der Waals surface area contributed by atoms with E-state index in [1.54, 1.807) is 18.2 Å². The molecule has 2 aromatic rings. The van der Waals surface area contributed by atoms with Gasteiger partial charge in [0.2, 0.25) is 0 Å². The quantitative estimate of drug-likeness (QED) is 0.756. The first kappa shape index (κ1) is 12.8. The van der Waals surface area contributed by atoms with Gasteiger partial charge < -0.3 is 4.74 Å². The van der Waals surface area contributed by atoms with Crippen molar-refractivity contribution in [2.45, 2.75) is 13.5 Å². The summed E-state index contributed by atoms with van der Waals surface area (Å²) in [5.41, 5.74) is 0.554. The van der Waals surface area contributed by atoms with Crippen LogP contribution in [0.1, 0.15) is 23.1 Å². The van der Waals surface area contributed by atoms with Crippen LogP contribution in [0.5, 0.6) is 5.75 Å². The molecule has 0 saturated heterocycles. The van der Waals surface area contributed by atoms with Crippen molar-refractivity contribution in [3.63, 3.8) is 0 Å². The van der Waals surface area contributed by atoms with Crippen LogP contribution in [0.2, 0.25) is 0 Å². The Bertz CT molecular complexity index is 628. The fourth-order valence-electron chi connectivity index (χ4n) is 1.59. The molecule has 1 aromatic carbocycles. The minimum absolute atomic E-state index is 0.0388. The SMILES string of the molecule is CC(=O)c1ccccc1OCCn1cnc(C#N)n1. The summed E-state index contributed by atoms with van der Waals surface area (Å²) < 4.78 is 7.08. The summed E-state index contributed by atoms with van der Waals surface area (Å²) in [6, 6.07) is 8.93. The van der Waals surface area contributed by atoms with Gasteiger partial charge in [0, 0.05) is 0 Å². The number of nitrogens with zero attached hydrogens (tertiary/aromatic N) is 4. The van der Waals surface area contributed by atoms with Crippen LogP contribution >= 0.6 is 0 Å². The minimum Gasteiger partial charge on any atom is -0.491 e. The standard InChI is InChI=1S/C13H12N4O2/c1-10(18)11-4-2-3-5-12(11)19-7-6-17-9-15-13(8-14)16-17/h2-5,9H,6-7H2,1H3. The normalized spacial score (nSPS) is 9.89. The Morgan fingerprint density at radius 3 is 2.95 bits per heavy atom. The zero-order chi connectivity index (χ0) is 13.7. The fourth-order valence-corrected chi connectivity index (χ4v) is 1.59. The maximum atomic E-state index is 11.4. The third-order valence-electron chi connectivity index (χ3n) is 2.48. The van der Waals surface area contributed by atoms with Crippen LogP contribution in [-0.2, 0) is 6.54 Å². The monoisotopic (exact) mass is 256 g/mol. The molecule has 0 aliphatic heterocycles. The van der Waals surface area contributed by atoms with Crippen molar-refractivity contribution in [3.8, 4) is 11.8 Å². The van der Waals surface area contributed by atoms with Gasteiger partial charge in [-0.15, -0.1) is 5.10 Å². The van der Waals surface area contributed by atoms with Crippen LogP contribution < -0.4 is 4.74 Å². The van der Waals surface area contributed by atoms with Gasteiger partial charge >= 0.3 is 0 Å². The molecule has 19 heavy (non-hydrogen) atoms. The van der Waals surface area contributed by atoms with E-state index < -0.39 is 0 Å². The Kier molecular flexibility index (Phi) is 3.88. The van der Waals surface area contributed by atoms with Gasteiger partial charge in [-0.2, -0.15) is 5.26 Å². The highest BCUT2D eigenvalue weighted by Gasteiger charge is 2.07. The van der Waals surface area contributed by atoms with E-state index in [0.717, 1.165) is 0 Å². The Balaban J connectivity index is 1.96. The van der Waals surface area contributed by atoms with Crippen molar-refractivity contribution in [2.75, 3.05) is 6.61 Å². The van der Waals surface area contributed by atoms with Crippen molar-refractivity contribution < 1.29 is 9.53 Å². The van der Waals surface area contributed by atoms with E-state index >= 15 is 0 Å². The number of rotatable bonds is 5. The molecule has 0 spiro atoms. The molecular formula is C13H12N4O2. The number of benzene rings is 1. The zero-order valence-corrected chi connectivity index (χ0v) is 10.4. The molecule has 0 aliphatic carbocycles. The third-order valence-corrected chi connectivity index (χ3v) is 2.48. The lowest BCUT2D eigenvalue weighted by atomic mass is 10.1. The van der Waals surface area contributed by atoms with Crippen molar-refractivity contribution in [2.24, 2.45) is 0 Å². The summed E-state index contributed by atoms with van der Waals surface area (Å²) >= 11 is 0. The topological polar surface area (TPSA) is 80.8 Å². The molecular weight excluding hydrogens is 244 g/mol. The number of hydrogen-bond donors (Lipinski definition) is 0. The number of nitriles is 1. The molecule has 2 rings (SSSR count). The first-order valence-corrected chi connectivity index (χ1v) is 5.73. The van der Waals surface area contributed by atoms with Crippen LogP contribution in [0.3, 0.4) is 0 Å². The van der Waals surface area contributed by atoms with Gasteiger partial charge in [0.1, 0.15) is 24.8 Å². The Morgan fingerprint density at radius 1 is 1.47 bits per heavy atom. The Morgan fingerprint density at radius 2 is 2.26 bits per heavy atom. The van der Waals surface area contributed by atoms with Gasteiger partial charge in [-0.05, 0) is 19.1 Å². The van der Waals surface area contributed by atoms with Gasteiger partial charge in [-0.25, -0.2) is 9.67 Å². The lowest BCUT2D eigenvalue weighted by molar-refractivity contribution is 0.101. The smallest absolute Gasteiger partial charge is 0.252 e. The number of aromatic nitrogens is 3. The number of carbonyl (C=O) groups excluding carboxylic acids is 1. The highest BCUT2D eigenvalue weighted by molar-refractivity contribution is 5.96. The molecule has 6 heteroatoms. The maximum absolute atomic E-state index is 11.4. The average Bonchev–Trinajstić information content (AvgIpc) is 2.87. The Hall–Kier alpha value is -2.68. The van der Waals surface area contributed by atoms with Gasteiger partial charge in [-0.1, -0.05) is 12.1 Å². The lowest BCUT2D eigenvalue weighted by Gasteiger charge is -2.09. The van der Waals surface area contributed by atoms with Gasteiger partial charge in [0.15, 0.2) is 5.78 Å². The zero-order valence-electron chi connectivity index (χ0n) is 10.4. The lowest BCUT2D eigenvalue weighted by Crippen LogP contribution is -2.10. The van der Waals surface area contributed by atoms with Crippen LogP contribution in [0.4, 0.5) is 0 Å². The largest absolute Gasteiger partial charge is 0.491 e. The molecule has 0 fully saturated rings. The number of para-hydroxylation sites is 1.